The minimum atomic E-state index is -0.763. The van der Waals surface area contributed by atoms with E-state index >= 15 is 0 Å². The van der Waals surface area contributed by atoms with Crippen molar-refractivity contribution in [2.75, 3.05) is 13.2 Å². The Balaban J connectivity index is 4.30. The second-order valence-electron chi connectivity index (χ2n) is 21.4. The molecule has 0 aromatic carbocycles. The smallest absolute Gasteiger partial charge is 0.306 e. The third-order valence-electron chi connectivity index (χ3n) is 13.1. The molecule has 380 valence electrons. The van der Waals surface area contributed by atoms with Crippen molar-refractivity contribution in [3.63, 3.8) is 0 Å². The molecule has 0 aliphatic carbocycles. The Bertz CT molecular complexity index is 991. The molecule has 0 aromatic heterocycles. The van der Waals surface area contributed by atoms with E-state index in [9.17, 15) is 14.4 Å². The van der Waals surface area contributed by atoms with Gasteiger partial charge in [-0.2, -0.15) is 0 Å². The topological polar surface area (TPSA) is 78.9 Å². The van der Waals surface area contributed by atoms with Gasteiger partial charge in [-0.15, -0.1) is 0 Å². The lowest BCUT2D eigenvalue weighted by atomic mass is 10.0. The second-order valence-corrected chi connectivity index (χ2v) is 21.4. The number of carbonyl (C=O) groups excluding carboxylic acids is 3. The highest BCUT2D eigenvalue weighted by atomic mass is 16.6. The summed E-state index contributed by atoms with van der Waals surface area (Å²) in [5, 5.41) is 0. The van der Waals surface area contributed by atoms with Crippen LogP contribution < -0.4 is 0 Å². The molecule has 1 atom stereocenters. The van der Waals surface area contributed by atoms with Crippen LogP contribution >= 0.6 is 0 Å². The Kier molecular flexibility index (Phi) is 48.1. The summed E-state index contributed by atoms with van der Waals surface area (Å²) in [6.07, 6.45) is 50.9. The van der Waals surface area contributed by atoms with Gasteiger partial charge in [-0.05, 0) is 37.0 Å². The zero-order valence-electron chi connectivity index (χ0n) is 44.1. The molecule has 0 aromatic rings. The molecule has 0 N–H and O–H groups in total. The molecule has 0 heterocycles. The molecular weight excluding hydrogens is 793 g/mol. The average molecular weight is 906 g/mol. The summed E-state index contributed by atoms with van der Waals surface area (Å²) in [6, 6.07) is 0. The third kappa shape index (κ3) is 51.4. The van der Waals surface area contributed by atoms with E-state index < -0.39 is 6.10 Å². The van der Waals surface area contributed by atoms with Gasteiger partial charge in [0, 0.05) is 19.3 Å². The predicted molar refractivity (Wildman–Crippen MR) is 275 cm³/mol. The van der Waals surface area contributed by atoms with Crippen molar-refractivity contribution in [3.05, 3.63) is 0 Å². The molecule has 0 saturated carbocycles. The van der Waals surface area contributed by atoms with Gasteiger partial charge in [-0.25, -0.2) is 0 Å². The van der Waals surface area contributed by atoms with E-state index in [1.54, 1.807) is 0 Å². The van der Waals surface area contributed by atoms with Crippen LogP contribution in [0.25, 0.3) is 0 Å². The fourth-order valence-corrected chi connectivity index (χ4v) is 8.82. The molecule has 0 spiro atoms. The summed E-state index contributed by atoms with van der Waals surface area (Å²) in [5.74, 6) is 1.66. The molecule has 6 heteroatoms. The summed E-state index contributed by atoms with van der Waals surface area (Å²) in [6.45, 7) is 13.8. The molecule has 6 nitrogen and oxygen atoms in total. The quantitative estimate of drug-likeness (QED) is 0.0344. The van der Waals surface area contributed by atoms with Crippen molar-refractivity contribution in [1.29, 1.82) is 0 Å². The lowest BCUT2D eigenvalue weighted by Crippen LogP contribution is -2.30. The van der Waals surface area contributed by atoms with E-state index in [2.05, 4.69) is 41.5 Å². The molecule has 0 bridgehead atoms. The zero-order valence-corrected chi connectivity index (χ0v) is 44.1. The van der Waals surface area contributed by atoms with Crippen molar-refractivity contribution < 1.29 is 28.6 Å². The van der Waals surface area contributed by atoms with Gasteiger partial charge >= 0.3 is 17.9 Å². The van der Waals surface area contributed by atoms with Crippen LogP contribution in [0.5, 0.6) is 0 Å². The molecule has 0 amide bonds. The van der Waals surface area contributed by atoms with Gasteiger partial charge in [0.2, 0.25) is 0 Å². The lowest BCUT2D eigenvalue weighted by molar-refractivity contribution is -0.167. The van der Waals surface area contributed by atoms with Crippen LogP contribution in [-0.2, 0) is 28.6 Å². The summed E-state index contributed by atoms with van der Waals surface area (Å²) >= 11 is 0. The fraction of sp³-hybridized carbons (Fsp3) is 0.948. The molecule has 0 fully saturated rings. The molecule has 0 aliphatic rings. The van der Waals surface area contributed by atoms with Gasteiger partial charge in [0.1, 0.15) is 13.2 Å². The van der Waals surface area contributed by atoms with Crippen LogP contribution in [0, 0.1) is 17.8 Å². The zero-order chi connectivity index (χ0) is 47.0. The van der Waals surface area contributed by atoms with E-state index in [1.807, 2.05) is 0 Å². The number of hydrogen-bond acceptors (Lipinski definition) is 6. The maximum atomic E-state index is 12.8. The molecule has 0 rings (SSSR count). The molecule has 0 radical (unpaired) electrons. The van der Waals surface area contributed by atoms with E-state index in [0.29, 0.717) is 19.3 Å². The van der Waals surface area contributed by atoms with E-state index in [4.69, 9.17) is 14.2 Å². The van der Waals surface area contributed by atoms with Crippen LogP contribution in [0.3, 0.4) is 0 Å². The highest BCUT2D eigenvalue weighted by Crippen LogP contribution is 2.18. The van der Waals surface area contributed by atoms with E-state index in [-0.39, 0.29) is 31.1 Å². The first-order valence-electron chi connectivity index (χ1n) is 28.6. The Morgan fingerprint density at radius 1 is 0.266 bits per heavy atom. The third-order valence-corrected chi connectivity index (χ3v) is 13.1. The van der Waals surface area contributed by atoms with Gasteiger partial charge in [-0.3, -0.25) is 14.4 Å². The highest BCUT2D eigenvalue weighted by molar-refractivity contribution is 5.71. The number of esters is 3. The summed E-state index contributed by atoms with van der Waals surface area (Å²) in [5.41, 5.74) is 0. The first kappa shape index (κ1) is 62.4. The molecule has 64 heavy (non-hydrogen) atoms. The number of carbonyl (C=O) groups is 3. The van der Waals surface area contributed by atoms with Crippen molar-refractivity contribution >= 4 is 17.9 Å². The van der Waals surface area contributed by atoms with Crippen molar-refractivity contribution in [2.45, 2.75) is 324 Å². The summed E-state index contributed by atoms with van der Waals surface area (Å²) < 4.78 is 16.9. The van der Waals surface area contributed by atoms with Crippen LogP contribution in [0.2, 0.25) is 0 Å². The Hall–Kier alpha value is -1.59. The first-order chi connectivity index (χ1) is 31.1. The fourth-order valence-electron chi connectivity index (χ4n) is 8.82. The molecule has 0 saturated heterocycles. The summed E-state index contributed by atoms with van der Waals surface area (Å²) in [7, 11) is 0. The normalized spacial score (nSPS) is 12.1. The van der Waals surface area contributed by atoms with Gasteiger partial charge in [-0.1, -0.05) is 279 Å². The SMILES string of the molecule is CC(C)CCCCCCCCCCCCCCCCC(=O)OC[C@H](COC(=O)CCCCCCCCCCCCCCC(C)C)OC(=O)CCCCCCCCCCCCCC(C)C. The lowest BCUT2D eigenvalue weighted by Gasteiger charge is -2.18. The van der Waals surface area contributed by atoms with Gasteiger partial charge in [0.25, 0.3) is 0 Å². The molecule has 0 aliphatic heterocycles. The van der Waals surface area contributed by atoms with Crippen LogP contribution in [0.1, 0.15) is 318 Å². The van der Waals surface area contributed by atoms with Crippen LogP contribution in [0.4, 0.5) is 0 Å². The molecule has 0 unspecified atom stereocenters. The van der Waals surface area contributed by atoms with Gasteiger partial charge < -0.3 is 14.2 Å². The van der Waals surface area contributed by atoms with E-state index in [1.165, 1.54) is 199 Å². The Morgan fingerprint density at radius 2 is 0.453 bits per heavy atom. The minimum absolute atomic E-state index is 0.0636. The number of rotatable bonds is 51. The number of hydrogen-bond donors (Lipinski definition) is 0. The largest absolute Gasteiger partial charge is 0.462 e. The molecular formula is C58H112O6. The summed E-state index contributed by atoms with van der Waals surface area (Å²) in [4.78, 5) is 38.1. The van der Waals surface area contributed by atoms with Gasteiger partial charge in [0.05, 0.1) is 0 Å². The minimum Gasteiger partial charge on any atom is -0.462 e. The van der Waals surface area contributed by atoms with Crippen molar-refractivity contribution in [2.24, 2.45) is 17.8 Å². The average Bonchev–Trinajstić information content (AvgIpc) is 3.25. The van der Waals surface area contributed by atoms with E-state index in [0.717, 1.165) is 75.5 Å². The maximum Gasteiger partial charge on any atom is 0.306 e. The predicted octanol–water partition coefficient (Wildman–Crippen LogP) is 18.7. The van der Waals surface area contributed by atoms with Crippen LogP contribution in [0.15, 0.2) is 0 Å². The Labute approximate surface area is 399 Å². The Morgan fingerprint density at radius 3 is 0.672 bits per heavy atom. The monoisotopic (exact) mass is 905 g/mol. The van der Waals surface area contributed by atoms with Crippen molar-refractivity contribution in [3.8, 4) is 0 Å². The number of unbranched alkanes of at least 4 members (excludes halogenated alkanes) is 34. The maximum absolute atomic E-state index is 12.8. The van der Waals surface area contributed by atoms with Crippen molar-refractivity contribution in [1.82, 2.24) is 0 Å². The first-order valence-corrected chi connectivity index (χ1v) is 28.6. The van der Waals surface area contributed by atoms with Crippen LogP contribution in [-0.4, -0.2) is 37.2 Å². The van der Waals surface area contributed by atoms with Gasteiger partial charge in [0.15, 0.2) is 6.10 Å². The standard InChI is InChI=1S/C58H112O6/c1-52(2)44-38-32-26-20-14-9-7-8-10-17-23-29-35-41-47-56(59)62-50-55(64-58(61)49-43-37-31-25-19-13-16-22-28-34-40-46-54(5)6)51-63-57(60)48-42-36-30-24-18-12-11-15-21-27-33-39-45-53(3)4/h52-55H,7-51H2,1-6H3/t55-/m1/s1. The second kappa shape index (κ2) is 49.3. The highest BCUT2D eigenvalue weighted by Gasteiger charge is 2.19. The number of ether oxygens (including phenoxy) is 3.